The molecule has 2 N–H and O–H groups in total. The maximum atomic E-state index is 13.1. The van der Waals surface area contributed by atoms with E-state index in [1.165, 1.54) is 12.1 Å². The first kappa shape index (κ1) is 26.7. The highest BCUT2D eigenvalue weighted by atomic mass is 35.5. The molecule has 3 amide bonds. The maximum Gasteiger partial charge on any atom is 0.573 e. The highest BCUT2D eigenvalue weighted by Crippen LogP contribution is 2.41. The summed E-state index contributed by atoms with van der Waals surface area (Å²) in [6.07, 6.45) is -4.90. The lowest BCUT2D eigenvalue weighted by Crippen LogP contribution is -2.34. The van der Waals surface area contributed by atoms with Crippen molar-refractivity contribution < 1.29 is 36.6 Å². The largest absolute Gasteiger partial charge is 0.573 e. The molecule has 3 aromatic carbocycles. The third kappa shape index (κ3) is 7.28. The lowest BCUT2D eigenvalue weighted by atomic mass is 10.2. The van der Waals surface area contributed by atoms with Gasteiger partial charge in [-0.05, 0) is 42.5 Å². The second kappa shape index (κ2) is 10.8. The highest BCUT2D eigenvalue weighted by molar-refractivity contribution is 6.38. The van der Waals surface area contributed by atoms with E-state index in [9.17, 15) is 27.2 Å². The molecule has 35 heavy (non-hydrogen) atoms. The van der Waals surface area contributed by atoms with Crippen LogP contribution in [0.4, 0.5) is 28.0 Å². The van der Waals surface area contributed by atoms with Gasteiger partial charge in [-0.25, -0.2) is 9.18 Å². The molecule has 3 aromatic rings. The van der Waals surface area contributed by atoms with Gasteiger partial charge in [0.25, 0.3) is 5.91 Å². The van der Waals surface area contributed by atoms with Crippen molar-refractivity contribution in [1.29, 1.82) is 0 Å². The lowest BCUT2D eigenvalue weighted by molar-refractivity contribution is -0.274. The van der Waals surface area contributed by atoms with Gasteiger partial charge in [0.05, 0.1) is 25.7 Å². The van der Waals surface area contributed by atoms with Gasteiger partial charge >= 0.3 is 12.4 Å². The molecule has 0 atom stereocenters. The predicted octanol–water partition coefficient (Wildman–Crippen LogP) is 8.09. The number of amides is 3. The summed E-state index contributed by atoms with van der Waals surface area (Å²) >= 11 is 24.1. The van der Waals surface area contributed by atoms with E-state index < -0.39 is 29.9 Å². The normalized spacial score (nSPS) is 11.1. The molecule has 0 saturated heterocycles. The fraction of sp³-hybridized carbons (Fsp3) is 0.0476. The second-order valence-corrected chi connectivity index (χ2v) is 8.17. The van der Waals surface area contributed by atoms with Crippen LogP contribution in [-0.2, 0) is 0 Å². The number of alkyl halides is 3. The molecule has 0 spiro atoms. The Balaban J connectivity index is 1.70. The summed E-state index contributed by atoms with van der Waals surface area (Å²) in [6, 6.07) is 7.47. The van der Waals surface area contributed by atoms with E-state index in [0.29, 0.717) is 0 Å². The van der Waals surface area contributed by atoms with Gasteiger partial charge in [0, 0.05) is 11.8 Å². The first-order valence-electron chi connectivity index (χ1n) is 9.12. The van der Waals surface area contributed by atoms with Crippen LogP contribution in [0.15, 0.2) is 48.5 Å². The van der Waals surface area contributed by atoms with Gasteiger partial charge in [-0.1, -0.05) is 46.4 Å². The molecule has 3 rings (SSSR count). The van der Waals surface area contributed by atoms with Gasteiger partial charge in [0.1, 0.15) is 17.3 Å². The number of imide groups is 1. The molecular formula is C21H10Cl4F4N2O4. The van der Waals surface area contributed by atoms with E-state index in [1.807, 2.05) is 5.32 Å². The molecule has 0 heterocycles. The molecule has 0 aromatic heterocycles. The van der Waals surface area contributed by atoms with Crippen LogP contribution >= 0.6 is 46.4 Å². The number of hydrogen-bond donors (Lipinski definition) is 2. The number of ether oxygens (including phenoxy) is 2. The zero-order valence-electron chi connectivity index (χ0n) is 16.8. The molecule has 0 radical (unpaired) electrons. The number of carbonyl (C=O) groups excluding carboxylic acids is 2. The number of anilines is 1. The van der Waals surface area contributed by atoms with Crippen molar-refractivity contribution in [2.45, 2.75) is 6.36 Å². The first-order chi connectivity index (χ1) is 16.3. The molecule has 184 valence electrons. The SMILES string of the molecule is O=C(NC(=O)c1ccc(F)cc1Cl)Nc1cc(Cl)c(Oc2ccc(OC(F)(F)F)cc2Cl)c(Cl)c1. The summed E-state index contributed by atoms with van der Waals surface area (Å²) in [4.78, 5) is 24.3. The van der Waals surface area contributed by atoms with E-state index in [0.717, 1.165) is 36.4 Å². The highest BCUT2D eigenvalue weighted by Gasteiger charge is 2.31. The number of carbonyl (C=O) groups is 2. The molecule has 14 heteroatoms. The fourth-order valence-electron chi connectivity index (χ4n) is 2.61. The number of rotatable bonds is 5. The minimum absolute atomic E-state index is 0.0582. The number of hydrogen-bond acceptors (Lipinski definition) is 4. The minimum atomic E-state index is -4.90. The monoisotopic (exact) mass is 570 g/mol. The summed E-state index contributed by atoms with van der Waals surface area (Å²) < 4.78 is 59.4. The average molecular weight is 572 g/mol. The Morgan fingerprint density at radius 1 is 0.829 bits per heavy atom. The molecule has 0 bridgehead atoms. The van der Waals surface area contributed by atoms with Gasteiger partial charge < -0.3 is 14.8 Å². The predicted molar refractivity (Wildman–Crippen MR) is 123 cm³/mol. The van der Waals surface area contributed by atoms with Crippen LogP contribution in [0.1, 0.15) is 10.4 Å². The third-order valence-electron chi connectivity index (χ3n) is 4.01. The molecule has 6 nitrogen and oxygen atoms in total. The second-order valence-electron chi connectivity index (χ2n) is 6.54. The lowest BCUT2D eigenvalue weighted by Gasteiger charge is -2.14. The zero-order chi connectivity index (χ0) is 25.9. The van der Waals surface area contributed by atoms with Crippen molar-refractivity contribution in [1.82, 2.24) is 5.32 Å². The molecule has 0 unspecified atom stereocenters. The summed E-state index contributed by atoms with van der Waals surface area (Å²) in [6.45, 7) is 0. The summed E-state index contributed by atoms with van der Waals surface area (Å²) in [5.74, 6) is -2.30. The van der Waals surface area contributed by atoms with Gasteiger partial charge in [0.15, 0.2) is 5.75 Å². The topological polar surface area (TPSA) is 76.7 Å². The quantitative estimate of drug-likeness (QED) is 0.303. The van der Waals surface area contributed by atoms with Crippen molar-refractivity contribution in [3.05, 3.63) is 80.0 Å². The first-order valence-corrected chi connectivity index (χ1v) is 10.6. The number of benzene rings is 3. The van der Waals surface area contributed by atoms with Crippen LogP contribution in [0.25, 0.3) is 0 Å². The third-order valence-corrected chi connectivity index (χ3v) is 5.18. The van der Waals surface area contributed by atoms with E-state index in [2.05, 4.69) is 10.1 Å². The molecule has 0 aliphatic carbocycles. The molecular weight excluding hydrogens is 562 g/mol. The molecule has 0 fully saturated rings. The molecule has 0 aliphatic heterocycles. The average Bonchev–Trinajstić information content (AvgIpc) is 2.70. The van der Waals surface area contributed by atoms with E-state index in [-0.39, 0.29) is 42.8 Å². The van der Waals surface area contributed by atoms with E-state index >= 15 is 0 Å². The zero-order valence-corrected chi connectivity index (χ0v) is 19.8. The number of halogens is 8. The Kier molecular flexibility index (Phi) is 8.22. The van der Waals surface area contributed by atoms with Crippen molar-refractivity contribution in [2.75, 3.05) is 5.32 Å². The summed E-state index contributed by atoms with van der Waals surface area (Å²) in [7, 11) is 0. The van der Waals surface area contributed by atoms with Crippen LogP contribution in [0.5, 0.6) is 17.2 Å². The van der Waals surface area contributed by atoms with Crippen LogP contribution < -0.4 is 20.1 Å². The Labute approximate surface area is 214 Å². The summed E-state index contributed by atoms with van der Waals surface area (Å²) in [5, 5.41) is 3.70. The van der Waals surface area contributed by atoms with Crippen molar-refractivity contribution in [2.24, 2.45) is 0 Å². The van der Waals surface area contributed by atoms with E-state index in [1.54, 1.807) is 0 Å². The Bertz CT molecular complexity index is 1280. The minimum Gasteiger partial charge on any atom is -0.453 e. The van der Waals surface area contributed by atoms with Gasteiger partial charge in [-0.15, -0.1) is 13.2 Å². The van der Waals surface area contributed by atoms with Gasteiger partial charge in [-0.3, -0.25) is 10.1 Å². The maximum absolute atomic E-state index is 13.1. The summed E-state index contributed by atoms with van der Waals surface area (Å²) in [5.41, 5.74) is -0.0746. The van der Waals surface area contributed by atoms with Crippen molar-refractivity contribution >= 4 is 64.0 Å². The Morgan fingerprint density at radius 3 is 2.06 bits per heavy atom. The van der Waals surface area contributed by atoms with Crippen LogP contribution in [0, 0.1) is 5.82 Å². The smallest absolute Gasteiger partial charge is 0.453 e. The Morgan fingerprint density at radius 2 is 1.49 bits per heavy atom. The van der Waals surface area contributed by atoms with Crippen LogP contribution in [-0.4, -0.2) is 18.3 Å². The number of urea groups is 1. The number of nitrogens with one attached hydrogen (secondary N) is 2. The van der Waals surface area contributed by atoms with Gasteiger partial charge in [-0.2, -0.15) is 0 Å². The van der Waals surface area contributed by atoms with Crippen molar-refractivity contribution in [3.63, 3.8) is 0 Å². The standard InChI is InChI=1S/C21H10Cl4F4N2O4/c22-13-5-9(26)1-3-12(13)19(32)31-20(33)30-10-6-15(24)18(16(25)7-10)34-17-4-2-11(8-14(17)23)35-21(27,28)29/h1-8H,(H2,30,31,32,33). The van der Waals surface area contributed by atoms with Crippen LogP contribution in [0.2, 0.25) is 20.1 Å². The Hall–Kier alpha value is -2.92. The van der Waals surface area contributed by atoms with E-state index in [4.69, 9.17) is 51.1 Å². The molecule has 0 saturated carbocycles. The molecule has 0 aliphatic rings. The fourth-order valence-corrected chi connectivity index (χ4v) is 3.63. The van der Waals surface area contributed by atoms with Crippen LogP contribution in [0.3, 0.4) is 0 Å². The van der Waals surface area contributed by atoms with Crippen molar-refractivity contribution in [3.8, 4) is 17.2 Å². The van der Waals surface area contributed by atoms with Gasteiger partial charge in [0.2, 0.25) is 0 Å².